The van der Waals surface area contributed by atoms with Crippen LogP contribution in [0.15, 0.2) is 11.6 Å². The van der Waals surface area contributed by atoms with Gasteiger partial charge in [-0.25, -0.2) is 0 Å². The summed E-state index contributed by atoms with van der Waals surface area (Å²) in [6.45, 7) is 11.3. The topological polar surface area (TPSA) is 29.5 Å². The third-order valence-electron chi connectivity index (χ3n) is 3.40. The molecule has 1 aliphatic rings. The molecule has 1 rings (SSSR count). The van der Waals surface area contributed by atoms with Gasteiger partial charge in [0.15, 0.2) is 0 Å². The predicted octanol–water partition coefficient (Wildman–Crippen LogP) is 3.73. The van der Waals surface area contributed by atoms with Crippen LogP contribution in [-0.2, 0) is 4.43 Å². The second-order valence-electron chi connectivity index (χ2n) is 6.85. The Balaban J connectivity index is 2.58. The second kappa shape index (κ2) is 6.35. The summed E-state index contributed by atoms with van der Waals surface area (Å²) in [5.41, 5.74) is 1.27. The number of aliphatic hydroxyl groups is 1. The highest BCUT2D eigenvalue weighted by molar-refractivity contribution is 6.31. The van der Waals surface area contributed by atoms with Crippen molar-refractivity contribution in [1.82, 2.24) is 0 Å². The number of aliphatic hydroxyl groups excluding tert-OH is 1. The molecule has 3 heteroatoms. The first-order valence-corrected chi connectivity index (χ1v) is 7.91. The van der Waals surface area contributed by atoms with Gasteiger partial charge in [0.05, 0.1) is 5.60 Å². The summed E-state index contributed by atoms with van der Waals surface area (Å²) in [4.78, 5) is 0. The molecule has 0 saturated heterocycles. The molecule has 0 aromatic carbocycles. The van der Waals surface area contributed by atoms with Crippen LogP contribution in [0.1, 0.15) is 60.3 Å². The summed E-state index contributed by atoms with van der Waals surface area (Å²) in [5.74, 6) is 0.635. The summed E-state index contributed by atoms with van der Waals surface area (Å²) >= 11 is 0. The molecule has 0 spiro atoms. The Morgan fingerprint density at radius 1 is 1.33 bits per heavy atom. The highest BCUT2D eigenvalue weighted by Gasteiger charge is 2.30. The maximum atomic E-state index is 9.07. The summed E-state index contributed by atoms with van der Waals surface area (Å²) in [6.07, 6.45) is 6.70. The van der Waals surface area contributed by atoms with Crippen molar-refractivity contribution in [2.75, 3.05) is 6.61 Å². The zero-order valence-electron chi connectivity index (χ0n) is 12.5. The number of allylic oxidation sites excluding steroid dienone is 1. The van der Waals surface area contributed by atoms with E-state index in [1.807, 2.05) is 0 Å². The van der Waals surface area contributed by atoms with Gasteiger partial charge in [0.1, 0.15) is 0 Å². The average Bonchev–Trinajstić information content (AvgIpc) is 2.27. The van der Waals surface area contributed by atoms with E-state index in [1.165, 1.54) is 12.0 Å². The molecular formula is C15H28O2Si. The highest BCUT2D eigenvalue weighted by Crippen LogP contribution is 2.35. The van der Waals surface area contributed by atoms with Gasteiger partial charge < -0.3 is 9.53 Å². The molecular weight excluding hydrogens is 240 g/mol. The van der Waals surface area contributed by atoms with E-state index in [0.717, 1.165) is 19.3 Å². The molecule has 0 saturated carbocycles. The van der Waals surface area contributed by atoms with Crippen molar-refractivity contribution in [3.63, 3.8) is 0 Å². The maximum Gasteiger partial charge on any atom is 0.236 e. The van der Waals surface area contributed by atoms with Crippen molar-refractivity contribution in [1.29, 1.82) is 0 Å². The largest absolute Gasteiger partial charge is 0.408 e. The van der Waals surface area contributed by atoms with Crippen LogP contribution in [0.4, 0.5) is 0 Å². The van der Waals surface area contributed by atoms with E-state index >= 15 is 0 Å². The normalized spacial score (nSPS) is 21.9. The molecule has 2 nitrogen and oxygen atoms in total. The fraction of sp³-hybridized carbons (Fsp3) is 0.867. The van der Waals surface area contributed by atoms with Gasteiger partial charge in [-0.3, -0.25) is 0 Å². The molecule has 0 aromatic rings. The van der Waals surface area contributed by atoms with Crippen molar-refractivity contribution in [2.45, 2.75) is 70.9 Å². The fourth-order valence-electron chi connectivity index (χ4n) is 2.26. The molecule has 1 N–H and O–H groups in total. The van der Waals surface area contributed by atoms with Gasteiger partial charge in [-0.1, -0.05) is 26.8 Å². The molecule has 18 heavy (non-hydrogen) atoms. The number of hydrogen-bond donors (Lipinski definition) is 1. The first kappa shape index (κ1) is 15.9. The average molecular weight is 268 g/mol. The minimum absolute atomic E-state index is 0.153. The van der Waals surface area contributed by atoms with Crippen LogP contribution in [-0.4, -0.2) is 27.1 Å². The monoisotopic (exact) mass is 268 g/mol. The molecule has 104 valence electrons. The lowest BCUT2D eigenvalue weighted by molar-refractivity contribution is 0.136. The van der Waals surface area contributed by atoms with Crippen LogP contribution >= 0.6 is 0 Å². The molecule has 1 unspecified atom stereocenters. The Morgan fingerprint density at radius 3 is 2.56 bits per heavy atom. The highest BCUT2D eigenvalue weighted by atomic mass is 28.2. The zero-order chi connectivity index (χ0) is 13.8. The van der Waals surface area contributed by atoms with Gasteiger partial charge in [-0.2, -0.15) is 0 Å². The molecule has 1 aliphatic carbocycles. The Labute approximate surface area is 115 Å². The van der Waals surface area contributed by atoms with Crippen LogP contribution < -0.4 is 0 Å². The van der Waals surface area contributed by atoms with Gasteiger partial charge >= 0.3 is 0 Å². The van der Waals surface area contributed by atoms with E-state index in [4.69, 9.17) is 9.53 Å². The van der Waals surface area contributed by atoms with E-state index in [2.05, 4.69) is 40.7 Å². The van der Waals surface area contributed by atoms with Gasteiger partial charge in [0.2, 0.25) is 9.76 Å². The van der Waals surface area contributed by atoms with Crippen LogP contribution in [0.3, 0.4) is 0 Å². The Bertz CT molecular complexity index is 289. The van der Waals surface area contributed by atoms with Crippen molar-refractivity contribution >= 4 is 9.76 Å². The first-order chi connectivity index (χ1) is 8.24. The van der Waals surface area contributed by atoms with Gasteiger partial charge in [0.25, 0.3) is 0 Å². The van der Waals surface area contributed by atoms with E-state index in [-0.39, 0.29) is 10.6 Å². The molecule has 0 fully saturated rings. The third-order valence-corrected chi connectivity index (χ3v) is 4.62. The second-order valence-corrected chi connectivity index (χ2v) is 8.76. The smallest absolute Gasteiger partial charge is 0.236 e. The van der Waals surface area contributed by atoms with E-state index in [1.54, 1.807) is 0 Å². The van der Waals surface area contributed by atoms with Gasteiger partial charge in [-0.15, -0.1) is 0 Å². The van der Waals surface area contributed by atoms with Crippen molar-refractivity contribution in [2.24, 2.45) is 5.92 Å². The summed E-state index contributed by atoms with van der Waals surface area (Å²) in [6, 6.07) is 0. The van der Waals surface area contributed by atoms with Crippen LogP contribution in [0.2, 0.25) is 5.04 Å². The van der Waals surface area contributed by atoms with Crippen molar-refractivity contribution < 1.29 is 9.53 Å². The summed E-state index contributed by atoms with van der Waals surface area (Å²) < 4.78 is 6.16. The minimum Gasteiger partial charge on any atom is -0.408 e. The van der Waals surface area contributed by atoms with E-state index < -0.39 is 0 Å². The lowest BCUT2D eigenvalue weighted by Crippen LogP contribution is -2.33. The molecule has 0 aliphatic heterocycles. The number of hydrogen-bond acceptors (Lipinski definition) is 2. The third kappa shape index (κ3) is 5.25. The maximum absolute atomic E-state index is 9.07. The zero-order valence-corrected chi connectivity index (χ0v) is 13.5. The standard InChI is InChI=1S/C15H28O2Si/c1-14(2,3)18-17-15(4,5)13-8-6-7-12(11-13)9-10-16/h8,12,16H,6-7,9-11H2,1-5H3. The van der Waals surface area contributed by atoms with Gasteiger partial charge in [0, 0.05) is 6.61 Å². The lowest BCUT2D eigenvalue weighted by atomic mass is 9.81. The quantitative estimate of drug-likeness (QED) is 0.608. The minimum atomic E-state index is -0.153. The molecule has 2 radical (unpaired) electrons. The molecule has 1 atom stereocenters. The fourth-order valence-corrected chi connectivity index (χ4v) is 2.95. The first-order valence-electron chi connectivity index (χ1n) is 7.00. The van der Waals surface area contributed by atoms with Crippen LogP contribution in [0.5, 0.6) is 0 Å². The van der Waals surface area contributed by atoms with Crippen molar-refractivity contribution in [3.8, 4) is 0 Å². The predicted molar refractivity (Wildman–Crippen MR) is 77.8 cm³/mol. The molecule has 0 heterocycles. The van der Waals surface area contributed by atoms with E-state index in [9.17, 15) is 0 Å². The van der Waals surface area contributed by atoms with Gasteiger partial charge in [-0.05, 0) is 56.1 Å². The molecule has 0 amide bonds. The summed E-state index contributed by atoms with van der Waals surface area (Å²) in [7, 11) is 0.520. The van der Waals surface area contributed by atoms with E-state index in [0.29, 0.717) is 22.3 Å². The Kier molecular flexibility index (Phi) is 5.62. The molecule has 0 bridgehead atoms. The Morgan fingerprint density at radius 2 is 2.00 bits per heavy atom. The summed E-state index contributed by atoms with van der Waals surface area (Å²) in [5, 5.41) is 9.30. The SMILES string of the molecule is CC(C)(C)[Si]OC(C)(C)C1=CCCC(CCO)C1. The molecule has 0 aromatic heterocycles. The van der Waals surface area contributed by atoms with Crippen molar-refractivity contribution in [3.05, 3.63) is 11.6 Å². The Hall–Kier alpha value is -0.123. The van der Waals surface area contributed by atoms with Crippen LogP contribution in [0.25, 0.3) is 0 Å². The number of rotatable bonds is 5. The lowest BCUT2D eigenvalue weighted by Gasteiger charge is -2.35. The van der Waals surface area contributed by atoms with Crippen LogP contribution in [0, 0.1) is 5.92 Å².